The molecule has 1 aliphatic rings. The lowest BCUT2D eigenvalue weighted by Crippen LogP contribution is -2.36. The van der Waals surface area contributed by atoms with Crippen LogP contribution in [0.25, 0.3) is 0 Å². The van der Waals surface area contributed by atoms with Gasteiger partial charge in [-0.15, -0.1) is 0 Å². The summed E-state index contributed by atoms with van der Waals surface area (Å²) in [6.45, 7) is 3.46. The van der Waals surface area contributed by atoms with Crippen LogP contribution in [-0.4, -0.2) is 30.3 Å². The second kappa shape index (κ2) is 8.39. The third kappa shape index (κ3) is 4.89. The molecule has 2 N–H and O–H groups in total. The molecule has 5 heteroatoms. The molecule has 0 bridgehead atoms. The van der Waals surface area contributed by atoms with Crippen LogP contribution in [0.2, 0.25) is 5.02 Å². The molecule has 1 aromatic carbocycles. The van der Waals surface area contributed by atoms with E-state index in [1.165, 1.54) is 0 Å². The minimum absolute atomic E-state index is 0.157. The highest BCUT2D eigenvalue weighted by Crippen LogP contribution is 2.25. The number of nitrogens with one attached hydrogen (secondary N) is 1. The van der Waals surface area contributed by atoms with Crippen LogP contribution in [0.4, 0.5) is 0 Å². The van der Waals surface area contributed by atoms with Gasteiger partial charge in [-0.1, -0.05) is 11.6 Å². The van der Waals surface area contributed by atoms with E-state index in [-0.39, 0.29) is 5.92 Å². The van der Waals surface area contributed by atoms with Crippen molar-refractivity contribution in [2.45, 2.75) is 45.1 Å². The molecule has 0 aliphatic heterocycles. The molecule has 1 saturated carbocycles. The summed E-state index contributed by atoms with van der Waals surface area (Å²) in [6.07, 6.45) is 4.27. The van der Waals surface area contributed by atoms with Gasteiger partial charge in [-0.2, -0.15) is 0 Å². The van der Waals surface area contributed by atoms with Crippen LogP contribution in [0.5, 0.6) is 5.75 Å². The van der Waals surface area contributed by atoms with Crippen molar-refractivity contribution in [3.8, 4) is 5.75 Å². The summed E-state index contributed by atoms with van der Waals surface area (Å²) in [6, 6.07) is 6.14. The lowest BCUT2D eigenvalue weighted by Gasteiger charge is -2.27. The molecule has 1 aromatic rings. The van der Waals surface area contributed by atoms with Crippen molar-refractivity contribution in [1.82, 2.24) is 5.32 Å². The van der Waals surface area contributed by atoms with Gasteiger partial charge in [0.05, 0.1) is 12.5 Å². The topological polar surface area (TPSA) is 58.6 Å². The van der Waals surface area contributed by atoms with E-state index in [4.69, 9.17) is 21.4 Å². The minimum Gasteiger partial charge on any atom is -0.494 e. The van der Waals surface area contributed by atoms with Gasteiger partial charge in [0, 0.05) is 11.1 Å². The van der Waals surface area contributed by atoms with E-state index in [2.05, 4.69) is 5.32 Å². The molecule has 0 saturated heterocycles. The van der Waals surface area contributed by atoms with E-state index in [1.807, 2.05) is 25.1 Å². The Morgan fingerprint density at radius 3 is 2.73 bits per heavy atom. The van der Waals surface area contributed by atoms with Gasteiger partial charge in [0.2, 0.25) is 0 Å². The van der Waals surface area contributed by atoms with Gasteiger partial charge in [0.15, 0.2) is 0 Å². The van der Waals surface area contributed by atoms with Crippen LogP contribution < -0.4 is 10.1 Å². The molecule has 122 valence electrons. The summed E-state index contributed by atoms with van der Waals surface area (Å²) >= 11 is 6.06. The average Bonchev–Trinajstić information content (AvgIpc) is 2.50. The van der Waals surface area contributed by atoms with Gasteiger partial charge in [-0.3, -0.25) is 4.79 Å². The van der Waals surface area contributed by atoms with Gasteiger partial charge in [-0.05, 0) is 69.3 Å². The smallest absolute Gasteiger partial charge is 0.306 e. The summed E-state index contributed by atoms with van der Waals surface area (Å²) < 4.78 is 5.62. The monoisotopic (exact) mass is 325 g/mol. The number of carboxylic acids is 1. The number of carbonyl (C=O) groups is 1. The first-order valence-electron chi connectivity index (χ1n) is 7.97. The van der Waals surface area contributed by atoms with Crippen LogP contribution >= 0.6 is 11.6 Å². The Kier molecular flexibility index (Phi) is 6.52. The van der Waals surface area contributed by atoms with Crippen LogP contribution in [0, 0.1) is 5.92 Å². The van der Waals surface area contributed by atoms with Gasteiger partial charge in [-0.25, -0.2) is 0 Å². The average molecular weight is 326 g/mol. The summed E-state index contributed by atoms with van der Waals surface area (Å²) in [4.78, 5) is 10.9. The Morgan fingerprint density at radius 2 is 2.09 bits per heavy atom. The Labute approximate surface area is 136 Å². The first-order chi connectivity index (χ1) is 10.6. The van der Waals surface area contributed by atoms with Crippen LogP contribution in [-0.2, 0) is 11.2 Å². The molecule has 0 unspecified atom stereocenters. The molecular weight excluding hydrogens is 302 g/mol. The fourth-order valence-corrected chi connectivity index (χ4v) is 3.19. The van der Waals surface area contributed by atoms with Gasteiger partial charge < -0.3 is 15.2 Å². The number of rotatable bonds is 7. The summed E-state index contributed by atoms with van der Waals surface area (Å²) in [7, 11) is 0. The number of carboxylic acid groups (broad SMARTS) is 1. The molecular formula is C17H24ClNO3. The maximum atomic E-state index is 10.9. The number of ether oxygens (including phenoxy) is 1. The Morgan fingerprint density at radius 1 is 1.36 bits per heavy atom. The zero-order valence-corrected chi connectivity index (χ0v) is 13.7. The summed E-state index contributed by atoms with van der Waals surface area (Å²) in [5.41, 5.74) is 1.11. The molecule has 0 radical (unpaired) electrons. The predicted octanol–water partition coefficient (Wildman–Crippen LogP) is 3.51. The molecule has 1 aliphatic carbocycles. The number of benzene rings is 1. The molecule has 0 spiro atoms. The van der Waals surface area contributed by atoms with Crippen molar-refractivity contribution in [2.24, 2.45) is 5.92 Å². The van der Waals surface area contributed by atoms with Gasteiger partial charge in [0.1, 0.15) is 5.75 Å². The van der Waals surface area contributed by atoms with E-state index in [1.54, 1.807) is 0 Å². The van der Waals surface area contributed by atoms with E-state index in [9.17, 15) is 4.79 Å². The van der Waals surface area contributed by atoms with E-state index in [0.717, 1.165) is 55.0 Å². The standard InChI is InChI=1S/C17H24ClNO3/c1-2-22-16-8-5-14(18)11-13(16)9-10-19-15-6-3-12(4-7-15)17(20)21/h5,8,11-12,15,19H,2-4,6-7,9-10H2,1H3,(H,20,21). The number of hydrogen-bond acceptors (Lipinski definition) is 3. The van der Waals surface area contributed by atoms with E-state index >= 15 is 0 Å². The second-order valence-corrected chi connectivity index (χ2v) is 6.21. The lowest BCUT2D eigenvalue weighted by atomic mass is 9.86. The number of aliphatic carboxylic acids is 1. The SMILES string of the molecule is CCOc1ccc(Cl)cc1CCNC1CCC(C(=O)O)CC1. The van der Waals surface area contributed by atoms with Crippen LogP contribution in [0.1, 0.15) is 38.2 Å². The molecule has 4 nitrogen and oxygen atoms in total. The third-order valence-electron chi connectivity index (χ3n) is 4.23. The van der Waals surface area contributed by atoms with Crippen molar-refractivity contribution in [3.63, 3.8) is 0 Å². The summed E-state index contributed by atoms with van der Waals surface area (Å²) in [5, 5.41) is 13.3. The van der Waals surface area contributed by atoms with E-state index in [0.29, 0.717) is 12.6 Å². The zero-order valence-electron chi connectivity index (χ0n) is 13.0. The van der Waals surface area contributed by atoms with Crippen molar-refractivity contribution in [2.75, 3.05) is 13.2 Å². The molecule has 0 heterocycles. The first kappa shape index (κ1) is 17.1. The predicted molar refractivity (Wildman–Crippen MR) is 87.7 cm³/mol. The Bertz CT molecular complexity index is 499. The quantitative estimate of drug-likeness (QED) is 0.805. The largest absolute Gasteiger partial charge is 0.494 e. The van der Waals surface area contributed by atoms with Gasteiger partial charge >= 0.3 is 5.97 Å². The molecule has 0 atom stereocenters. The Hall–Kier alpha value is -1.26. The normalized spacial score (nSPS) is 21.5. The molecule has 22 heavy (non-hydrogen) atoms. The maximum absolute atomic E-state index is 10.9. The van der Waals surface area contributed by atoms with Gasteiger partial charge in [0.25, 0.3) is 0 Å². The maximum Gasteiger partial charge on any atom is 0.306 e. The molecule has 2 rings (SSSR count). The minimum atomic E-state index is -0.654. The highest BCUT2D eigenvalue weighted by molar-refractivity contribution is 6.30. The van der Waals surface area contributed by atoms with Crippen LogP contribution in [0.3, 0.4) is 0 Å². The molecule has 1 fully saturated rings. The fourth-order valence-electron chi connectivity index (χ4n) is 3.00. The fraction of sp³-hybridized carbons (Fsp3) is 0.588. The first-order valence-corrected chi connectivity index (χ1v) is 8.35. The number of hydrogen-bond donors (Lipinski definition) is 2. The van der Waals surface area contributed by atoms with E-state index < -0.39 is 5.97 Å². The lowest BCUT2D eigenvalue weighted by molar-refractivity contribution is -0.142. The van der Waals surface area contributed by atoms with Crippen molar-refractivity contribution < 1.29 is 14.6 Å². The van der Waals surface area contributed by atoms with Crippen molar-refractivity contribution >= 4 is 17.6 Å². The second-order valence-electron chi connectivity index (χ2n) is 5.78. The summed E-state index contributed by atoms with van der Waals surface area (Å²) in [5.74, 6) is 0.0811. The molecule has 0 aromatic heterocycles. The highest BCUT2D eigenvalue weighted by atomic mass is 35.5. The van der Waals surface area contributed by atoms with Crippen molar-refractivity contribution in [3.05, 3.63) is 28.8 Å². The Balaban J connectivity index is 1.79. The third-order valence-corrected chi connectivity index (χ3v) is 4.46. The zero-order chi connectivity index (χ0) is 15.9. The highest BCUT2D eigenvalue weighted by Gasteiger charge is 2.25. The van der Waals surface area contributed by atoms with Crippen molar-refractivity contribution in [1.29, 1.82) is 0 Å². The number of halogens is 1. The molecule has 0 amide bonds. The van der Waals surface area contributed by atoms with Crippen LogP contribution in [0.15, 0.2) is 18.2 Å².